The average molecular weight is 521 g/mol. The van der Waals surface area contributed by atoms with E-state index in [1.807, 2.05) is 0 Å². The monoisotopic (exact) mass is 521 g/mol. The van der Waals surface area contributed by atoms with Crippen LogP contribution in [-0.4, -0.2) is 45.2 Å². The molecular weight excluding hydrogens is 501 g/mol. The van der Waals surface area contributed by atoms with Gasteiger partial charge in [-0.3, -0.25) is 9.59 Å². The van der Waals surface area contributed by atoms with Gasteiger partial charge in [-0.2, -0.15) is 5.10 Å². The molecule has 182 valence electrons. The summed E-state index contributed by atoms with van der Waals surface area (Å²) >= 11 is 0. The largest absolute Gasteiger partial charge is 1.00 e. The Morgan fingerprint density at radius 3 is 2.31 bits per heavy atom. The van der Waals surface area contributed by atoms with Crippen LogP contribution in [0.2, 0.25) is 0 Å². The van der Waals surface area contributed by atoms with Crippen molar-refractivity contribution in [3.63, 3.8) is 0 Å². The Balaban J connectivity index is 0.00000456. The first kappa shape index (κ1) is 28.8. The van der Waals surface area contributed by atoms with Crippen molar-refractivity contribution in [3.05, 3.63) is 83.2 Å². The molecule has 0 radical (unpaired) electrons. The molecule has 0 aliphatic carbocycles. The van der Waals surface area contributed by atoms with E-state index in [2.05, 4.69) is 15.8 Å². The average Bonchev–Trinajstić information content (AvgIpc) is 3.33. The summed E-state index contributed by atoms with van der Waals surface area (Å²) in [5.74, 6) is -0.517. The topological polar surface area (TPSA) is 159 Å². The number of hydrogen-bond donors (Lipinski definition) is 2. The van der Waals surface area contributed by atoms with Gasteiger partial charge in [0.2, 0.25) is 5.09 Å². The van der Waals surface area contributed by atoms with E-state index < -0.39 is 27.0 Å². The molecule has 0 aliphatic rings. The molecule has 0 saturated heterocycles. The van der Waals surface area contributed by atoms with Gasteiger partial charge in [0.15, 0.2) is 21.6 Å². The van der Waals surface area contributed by atoms with Crippen molar-refractivity contribution in [3.8, 4) is 11.5 Å². The number of hydrogen-bond acceptors (Lipinski definition) is 9. The number of amides is 2. The third-order valence-electron chi connectivity index (χ3n) is 4.45. The van der Waals surface area contributed by atoms with Crippen LogP contribution in [0.25, 0.3) is 6.08 Å². The molecule has 0 unspecified atom stereocenters. The van der Waals surface area contributed by atoms with Crippen LogP contribution in [0.4, 0.5) is 0 Å². The molecular formula is C23H20N3NaO8S. The third kappa shape index (κ3) is 7.80. The Kier molecular flexibility index (Phi) is 10.4. The summed E-state index contributed by atoms with van der Waals surface area (Å²) in [6, 6.07) is 15.3. The number of nitrogens with one attached hydrogen (secondary N) is 2. The Bertz CT molecular complexity index is 1390. The first-order chi connectivity index (χ1) is 16.7. The molecule has 0 fully saturated rings. The molecule has 0 saturated carbocycles. The minimum Gasteiger partial charge on any atom is -0.742 e. The molecule has 2 N–H and O–H groups in total. The Hall–Kier alpha value is -3.42. The van der Waals surface area contributed by atoms with Crippen LogP contribution >= 0.6 is 0 Å². The quantitative estimate of drug-likeness (QED) is 0.121. The number of ether oxygens (including phenoxy) is 2. The van der Waals surface area contributed by atoms with Crippen molar-refractivity contribution >= 4 is 34.2 Å². The van der Waals surface area contributed by atoms with E-state index >= 15 is 0 Å². The summed E-state index contributed by atoms with van der Waals surface area (Å²) in [6.07, 6.45) is 2.41. The van der Waals surface area contributed by atoms with Crippen LogP contribution in [0.15, 0.2) is 81.0 Å². The molecule has 0 aliphatic heterocycles. The van der Waals surface area contributed by atoms with Gasteiger partial charge in [0.1, 0.15) is 11.5 Å². The second kappa shape index (κ2) is 13.0. The maximum Gasteiger partial charge on any atom is 1.00 e. The van der Waals surface area contributed by atoms with Crippen molar-refractivity contribution in [1.29, 1.82) is 0 Å². The van der Waals surface area contributed by atoms with E-state index in [4.69, 9.17) is 13.9 Å². The number of carbonyl (C=O) groups excluding carboxylic acids is 2. The van der Waals surface area contributed by atoms with Crippen molar-refractivity contribution in [2.75, 3.05) is 14.2 Å². The van der Waals surface area contributed by atoms with Crippen molar-refractivity contribution in [2.24, 2.45) is 5.10 Å². The summed E-state index contributed by atoms with van der Waals surface area (Å²) in [5, 5.41) is 5.45. The maximum atomic E-state index is 12.8. The number of methoxy groups -OCH3 is 2. The summed E-state index contributed by atoms with van der Waals surface area (Å²) < 4.78 is 48.2. The summed E-state index contributed by atoms with van der Waals surface area (Å²) in [5.41, 5.74) is 2.90. The number of rotatable bonds is 9. The molecule has 3 rings (SSSR count). The molecule has 13 heteroatoms. The van der Waals surface area contributed by atoms with E-state index in [0.717, 1.165) is 12.3 Å². The van der Waals surface area contributed by atoms with Crippen LogP contribution < -0.4 is 49.8 Å². The molecule has 0 atom stereocenters. The molecule has 36 heavy (non-hydrogen) atoms. The smallest absolute Gasteiger partial charge is 0.742 e. The van der Waals surface area contributed by atoms with Gasteiger partial charge in [0.25, 0.3) is 11.8 Å². The number of nitrogens with zero attached hydrogens (tertiary/aromatic N) is 1. The Labute approximate surface area is 229 Å². The normalized spacial score (nSPS) is 11.5. The van der Waals surface area contributed by atoms with Gasteiger partial charge in [-0.15, -0.1) is 0 Å². The standard InChI is InChI=1S/C23H21N3O8S.Na/c1-32-19-10-8-15(13-20(19)33-2)12-18(25-22(27)16-6-4-3-5-7-16)23(28)26-24-14-17-9-11-21(34-17)35(29,30)31;/h3-14H,1-2H3,(H,25,27)(H,26,28)(H,29,30,31);/q;+1/p-1/b18-12+,24-14+;. The third-order valence-corrected chi connectivity index (χ3v) is 5.17. The summed E-state index contributed by atoms with van der Waals surface area (Å²) in [6.45, 7) is 0. The van der Waals surface area contributed by atoms with Gasteiger partial charge in [0, 0.05) is 5.56 Å². The Morgan fingerprint density at radius 1 is 1.00 bits per heavy atom. The fourth-order valence-electron chi connectivity index (χ4n) is 2.80. The Morgan fingerprint density at radius 2 is 1.69 bits per heavy atom. The fourth-order valence-corrected chi connectivity index (χ4v) is 3.24. The predicted molar refractivity (Wildman–Crippen MR) is 124 cm³/mol. The van der Waals surface area contributed by atoms with Crippen LogP contribution in [0.5, 0.6) is 11.5 Å². The van der Waals surface area contributed by atoms with Gasteiger partial charge in [-0.05, 0) is 48.0 Å². The second-order valence-electron chi connectivity index (χ2n) is 6.80. The van der Waals surface area contributed by atoms with E-state index in [9.17, 15) is 22.6 Å². The van der Waals surface area contributed by atoms with E-state index in [0.29, 0.717) is 22.6 Å². The van der Waals surface area contributed by atoms with Crippen molar-refractivity contribution < 1.29 is 66.0 Å². The van der Waals surface area contributed by atoms with Crippen LogP contribution in [0.1, 0.15) is 21.7 Å². The molecule has 2 aromatic carbocycles. The molecule has 2 amide bonds. The zero-order valence-corrected chi connectivity index (χ0v) is 22.4. The van der Waals surface area contributed by atoms with Crippen LogP contribution in [0, 0.1) is 0 Å². The number of hydrazone groups is 1. The molecule has 1 heterocycles. The van der Waals surface area contributed by atoms with Crippen LogP contribution in [0.3, 0.4) is 0 Å². The number of carbonyl (C=O) groups is 2. The van der Waals surface area contributed by atoms with E-state index in [-0.39, 0.29) is 41.0 Å². The molecule has 0 bridgehead atoms. The first-order valence-corrected chi connectivity index (χ1v) is 11.3. The molecule has 1 aromatic heterocycles. The minimum absolute atomic E-state index is 0. The molecule has 0 spiro atoms. The fraction of sp³-hybridized carbons (Fsp3) is 0.0870. The minimum atomic E-state index is -4.76. The van der Waals surface area contributed by atoms with Gasteiger partial charge < -0.3 is 23.8 Å². The van der Waals surface area contributed by atoms with E-state index in [1.165, 1.54) is 26.4 Å². The summed E-state index contributed by atoms with van der Waals surface area (Å²) in [4.78, 5) is 25.5. The first-order valence-electron chi connectivity index (χ1n) is 9.90. The molecule has 11 nitrogen and oxygen atoms in total. The number of benzene rings is 2. The van der Waals surface area contributed by atoms with Crippen molar-refractivity contribution in [2.45, 2.75) is 5.09 Å². The van der Waals surface area contributed by atoms with E-state index in [1.54, 1.807) is 48.5 Å². The SMILES string of the molecule is COc1ccc(/C=C(/NC(=O)c2ccccc2)C(=O)N/N=C/c2ccc(S(=O)(=O)[O-])o2)cc1OC.[Na+]. The van der Waals surface area contributed by atoms with Gasteiger partial charge >= 0.3 is 29.6 Å². The zero-order valence-electron chi connectivity index (χ0n) is 19.5. The zero-order chi connectivity index (χ0) is 25.4. The van der Waals surface area contributed by atoms with Gasteiger partial charge in [-0.25, -0.2) is 13.8 Å². The summed E-state index contributed by atoms with van der Waals surface area (Å²) in [7, 11) is -1.82. The second-order valence-corrected chi connectivity index (χ2v) is 8.11. The maximum absolute atomic E-state index is 12.8. The molecule has 3 aromatic rings. The number of furan rings is 1. The van der Waals surface area contributed by atoms with Gasteiger partial charge in [-0.1, -0.05) is 24.3 Å². The van der Waals surface area contributed by atoms with Crippen molar-refractivity contribution in [1.82, 2.24) is 10.7 Å². The van der Waals surface area contributed by atoms with Crippen LogP contribution in [-0.2, 0) is 14.9 Å². The predicted octanol–water partition coefficient (Wildman–Crippen LogP) is -0.874. The van der Waals surface area contributed by atoms with Gasteiger partial charge in [0.05, 0.1) is 20.4 Å².